The van der Waals surface area contributed by atoms with Crippen molar-refractivity contribution in [2.45, 2.75) is 49.4 Å². The van der Waals surface area contributed by atoms with Gasteiger partial charge in [0.2, 0.25) is 0 Å². The normalized spacial score (nSPS) is 25.4. The van der Waals surface area contributed by atoms with E-state index in [0.717, 1.165) is 29.5 Å². The highest BCUT2D eigenvalue weighted by molar-refractivity contribution is 5.44. The lowest BCUT2D eigenvalue weighted by Gasteiger charge is -2.74. The Kier molecular flexibility index (Phi) is 4.98. The Bertz CT molecular complexity index is 1180. The summed E-state index contributed by atoms with van der Waals surface area (Å²) in [6.07, 6.45) is 2.23. The first kappa shape index (κ1) is 22.7. The third kappa shape index (κ3) is 3.20. The molecule has 2 bridgehead atoms. The molecule has 5 nitrogen and oxygen atoms in total. The summed E-state index contributed by atoms with van der Waals surface area (Å²) >= 11 is 0. The van der Waals surface area contributed by atoms with Gasteiger partial charge in [0.25, 0.3) is 5.92 Å². The molecular formula is C23H19F6N3O2. The number of nitrogens with zero attached hydrogens (tertiary/aromatic N) is 3. The van der Waals surface area contributed by atoms with Crippen molar-refractivity contribution in [3.05, 3.63) is 77.9 Å². The van der Waals surface area contributed by atoms with Gasteiger partial charge in [-0.3, -0.25) is 0 Å². The number of ether oxygens (including phenoxy) is 1. The summed E-state index contributed by atoms with van der Waals surface area (Å²) in [5, 5.41) is 15.1. The van der Waals surface area contributed by atoms with Crippen molar-refractivity contribution in [2.24, 2.45) is 5.41 Å². The summed E-state index contributed by atoms with van der Waals surface area (Å²) in [4.78, 5) is 3.69. The van der Waals surface area contributed by atoms with Crippen LogP contribution in [-0.4, -0.2) is 32.4 Å². The second kappa shape index (κ2) is 7.46. The predicted molar refractivity (Wildman–Crippen MR) is 106 cm³/mol. The van der Waals surface area contributed by atoms with Crippen LogP contribution in [-0.2, 0) is 17.6 Å². The van der Waals surface area contributed by atoms with E-state index in [-0.39, 0.29) is 25.0 Å². The Morgan fingerprint density at radius 3 is 2.29 bits per heavy atom. The Hall–Kier alpha value is -3.08. The molecular weight excluding hydrogens is 464 g/mol. The number of aliphatic hydroxyl groups is 1. The molecule has 180 valence electrons. The van der Waals surface area contributed by atoms with Crippen LogP contribution in [0.1, 0.15) is 30.4 Å². The zero-order chi connectivity index (χ0) is 24.4. The molecule has 34 heavy (non-hydrogen) atoms. The third-order valence-corrected chi connectivity index (χ3v) is 7.14. The molecule has 0 amide bonds. The Morgan fingerprint density at radius 1 is 1.06 bits per heavy atom. The standard InChI is InChI=1S/C23H19F6N3O2/c24-15-3-6-17(18(25)7-15)22(33,11-32-13-30-12-31-32)23(28,29)21-8-20(9-21,10-21)14-1-4-16(5-2-14)34-19(26)27/h1-7,12-13,19,33H,8-11H2/t20?,21?,22-/m1/s1. The minimum absolute atomic E-state index is 0.00450. The van der Waals surface area contributed by atoms with Crippen molar-refractivity contribution in [3.8, 4) is 5.75 Å². The Balaban J connectivity index is 1.44. The second-order valence-corrected chi connectivity index (χ2v) is 9.15. The van der Waals surface area contributed by atoms with Gasteiger partial charge in [0.15, 0.2) is 5.60 Å². The van der Waals surface area contributed by atoms with Gasteiger partial charge in [-0.05, 0) is 54.5 Å². The monoisotopic (exact) mass is 483 g/mol. The van der Waals surface area contributed by atoms with Crippen LogP contribution < -0.4 is 4.74 Å². The van der Waals surface area contributed by atoms with Crippen molar-refractivity contribution in [1.29, 1.82) is 0 Å². The number of rotatable bonds is 8. The lowest BCUT2D eigenvalue weighted by Crippen LogP contribution is -2.76. The van der Waals surface area contributed by atoms with E-state index in [4.69, 9.17) is 0 Å². The van der Waals surface area contributed by atoms with Crippen LogP contribution in [0.2, 0.25) is 0 Å². The van der Waals surface area contributed by atoms with Gasteiger partial charge in [-0.1, -0.05) is 12.1 Å². The maximum absolute atomic E-state index is 16.1. The summed E-state index contributed by atoms with van der Waals surface area (Å²) in [6.45, 7) is -3.77. The topological polar surface area (TPSA) is 60.2 Å². The highest BCUT2D eigenvalue weighted by atomic mass is 19.3. The van der Waals surface area contributed by atoms with E-state index in [1.54, 1.807) is 12.1 Å². The van der Waals surface area contributed by atoms with E-state index in [0.29, 0.717) is 11.6 Å². The maximum atomic E-state index is 16.1. The van der Waals surface area contributed by atoms with E-state index in [9.17, 15) is 22.7 Å². The van der Waals surface area contributed by atoms with Gasteiger partial charge in [0, 0.05) is 17.0 Å². The SMILES string of the molecule is O[C@](Cn1cncn1)(c1ccc(F)cc1F)C(F)(F)C12CC(c3ccc(OC(F)F)cc3)(C1)C2. The van der Waals surface area contributed by atoms with Gasteiger partial charge in [0.1, 0.15) is 30.0 Å². The Morgan fingerprint density at radius 2 is 1.74 bits per heavy atom. The smallest absolute Gasteiger partial charge is 0.387 e. The number of benzene rings is 2. The predicted octanol–water partition coefficient (Wildman–Crippen LogP) is 4.80. The number of aromatic nitrogens is 3. The largest absolute Gasteiger partial charge is 0.435 e. The quantitative estimate of drug-likeness (QED) is 0.468. The number of hydrogen-bond acceptors (Lipinski definition) is 4. The summed E-state index contributed by atoms with van der Waals surface area (Å²) in [5.74, 6) is -6.11. The molecule has 11 heteroatoms. The number of halogens is 6. The molecule has 6 rings (SSSR count). The molecule has 1 heterocycles. The molecule has 3 aliphatic rings. The van der Waals surface area contributed by atoms with E-state index in [1.807, 2.05) is 0 Å². The number of hydrogen-bond donors (Lipinski definition) is 1. The zero-order valence-electron chi connectivity index (χ0n) is 17.6. The van der Waals surface area contributed by atoms with E-state index in [2.05, 4.69) is 14.8 Å². The minimum Gasteiger partial charge on any atom is -0.435 e. The molecule has 3 fully saturated rings. The van der Waals surface area contributed by atoms with Crippen LogP contribution in [0.25, 0.3) is 0 Å². The van der Waals surface area contributed by atoms with Crippen LogP contribution >= 0.6 is 0 Å². The third-order valence-electron chi connectivity index (χ3n) is 7.14. The summed E-state index contributed by atoms with van der Waals surface area (Å²) in [6, 6.07) is 7.89. The summed E-state index contributed by atoms with van der Waals surface area (Å²) < 4.78 is 90.4. The molecule has 3 saturated carbocycles. The van der Waals surface area contributed by atoms with Crippen molar-refractivity contribution < 1.29 is 36.2 Å². The second-order valence-electron chi connectivity index (χ2n) is 9.15. The van der Waals surface area contributed by atoms with Gasteiger partial charge in [-0.25, -0.2) is 27.2 Å². The maximum Gasteiger partial charge on any atom is 0.387 e. The molecule has 0 unspecified atom stereocenters. The van der Waals surface area contributed by atoms with Gasteiger partial charge >= 0.3 is 6.61 Å². The summed E-state index contributed by atoms with van der Waals surface area (Å²) in [7, 11) is 0. The first-order valence-electron chi connectivity index (χ1n) is 10.4. The van der Waals surface area contributed by atoms with Crippen LogP contribution in [0, 0.1) is 17.0 Å². The van der Waals surface area contributed by atoms with Gasteiger partial charge in [0.05, 0.1) is 6.54 Å². The molecule has 0 aliphatic heterocycles. The Labute approximate surface area is 190 Å². The van der Waals surface area contributed by atoms with Crippen LogP contribution in [0.5, 0.6) is 5.75 Å². The molecule has 2 aromatic carbocycles. The van der Waals surface area contributed by atoms with Crippen LogP contribution in [0.3, 0.4) is 0 Å². The molecule has 0 spiro atoms. The van der Waals surface area contributed by atoms with Crippen LogP contribution in [0.4, 0.5) is 26.3 Å². The average molecular weight is 483 g/mol. The van der Waals surface area contributed by atoms with Crippen molar-refractivity contribution in [3.63, 3.8) is 0 Å². The van der Waals surface area contributed by atoms with Gasteiger partial charge < -0.3 is 9.84 Å². The van der Waals surface area contributed by atoms with Gasteiger partial charge in [-0.15, -0.1) is 0 Å². The average Bonchev–Trinajstić information content (AvgIpc) is 3.19. The fourth-order valence-corrected chi connectivity index (χ4v) is 5.58. The minimum atomic E-state index is -3.81. The van der Waals surface area contributed by atoms with Crippen molar-refractivity contribution >= 4 is 0 Å². The highest BCUT2D eigenvalue weighted by Gasteiger charge is 2.82. The van der Waals surface area contributed by atoms with E-state index < -0.39 is 52.7 Å². The molecule has 0 radical (unpaired) electrons. The lowest BCUT2D eigenvalue weighted by atomic mass is 9.30. The molecule has 1 aromatic heterocycles. The fraction of sp³-hybridized carbons (Fsp3) is 0.391. The van der Waals surface area contributed by atoms with E-state index in [1.165, 1.54) is 12.1 Å². The molecule has 0 saturated heterocycles. The zero-order valence-corrected chi connectivity index (χ0v) is 17.6. The molecule has 3 aliphatic carbocycles. The first-order valence-corrected chi connectivity index (χ1v) is 10.4. The molecule has 3 aromatic rings. The van der Waals surface area contributed by atoms with E-state index >= 15 is 8.78 Å². The summed E-state index contributed by atoms with van der Waals surface area (Å²) in [5.41, 5.74) is -5.29. The van der Waals surface area contributed by atoms with Crippen molar-refractivity contribution in [1.82, 2.24) is 14.8 Å². The first-order chi connectivity index (χ1) is 16.0. The van der Waals surface area contributed by atoms with Crippen molar-refractivity contribution in [2.75, 3.05) is 0 Å². The van der Waals surface area contributed by atoms with Gasteiger partial charge in [-0.2, -0.15) is 13.9 Å². The number of alkyl halides is 4. The fourth-order valence-electron chi connectivity index (χ4n) is 5.58. The van der Waals surface area contributed by atoms with Crippen LogP contribution in [0.15, 0.2) is 55.1 Å². The highest BCUT2D eigenvalue weighted by Crippen LogP contribution is 2.80. The lowest BCUT2D eigenvalue weighted by molar-refractivity contribution is -0.347. The molecule has 1 N–H and O–H groups in total. The molecule has 1 atom stereocenters.